The molecule has 0 aromatic heterocycles. The van der Waals surface area contributed by atoms with Gasteiger partial charge in [-0.2, -0.15) is 0 Å². The predicted molar refractivity (Wildman–Crippen MR) is 46.8 cm³/mol. The van der Waals surface area contributed by atoms with Crippen LogP contribution < -0.4 is 5.14 Å². The van der Waals surface area contributed by atoms with Crippen LogP contribution in [0.1, 0.15) is 0 Å². The molecule has 0 unspecified atom stereocenters. The summed E-state index contributed by atoms with van der Waals surface area (Å²) in [5, 5.41) is 8.75. The Morgan fingerprint density at radius 3 is 2.08 bits per heavy atom. The van der Waals surface area contributed by atoms with Gasteiger partial charge < -0.3 is 5.32 Å². The monoisotopic (exact) mass is 185 g/mol. The Bertz CT molecular complexity index is 355. The molecule has 0 aliphatic carbocycles. The second-order valence-electron chi connectivity index (χ2n) is 2.26. The predicted octanol–water partition coefficient (Wildman–Crippen LogP) is 0.969. The summed E-state index contributed by atoms with van der Waals surface area (Å²) in [6, 6.07) is 6.05. The number of rotatable bonds is 2. The molecule has 0 aliphatic heterocycles. The summed E-state index contributed by atoms with van der Waals surface area (Å²) in [5.41, 5.74) is 0.724. The van der Waals surface area contributed by atoms with Gasteiger partial charge in [-0.15, -0.1) is 12.7 Å². The highest BCUT2D eigenvalue weighted by molar-refractivity contribution is 7.89. The molecule has 0 spiro atoms. The standard InChI is InChI=1S/C7H9N2O2S/c1-9-6-2-4-7(5-3-6)12(8,10)11/h2-5H,1H3,(H2,8,10,11)/q-1. The van der Waals surface area contributed by atoms with Gasteiger partial charge in [0.1, 0.15) is 0 Å². The lowest BCUT2D eigenvalue weighted by Crippen LogP contribution is -2.11. The fourth-order valence-corrected chi connectivity index (χ4v) is 1.30. The molecule has 0 amide bonds. The summed E-state index contributed by atoms with van der Waals surface area (Å²) in [7, 11) is -1.94. The fraction of sp³-hybridized carbons (Fsp3) is 0.143. The van der Waals surface area contributed by atoms with Crippen LogP contribution >= 0.6 is 0 Å². The van der Waals surface area contributed by atoms with E-state index in [2.05, 4.69) is 5.32 Å². The molecule has 0 fully saturated rings. The minimum atomic E-state index is -3.57. The van der Waals surface area contributed by atoms with Crippen molar-refractivity contribution in [2.75, 3.05) is 7.05 Å². The maximum atomic E-state index is 10.8. The van der Waals surface area contributed by atoms with E-state index in [1.54, 1.807) is 19.2 Å². The molecule has 1 aromatic rings. The second kappa shape index (κ2) is 3.12. The summed E-state index contributed by atoms with van der Waals surface area (Å²) in [4.78, 5) is 0.106. The average molecular weight is 185 g/mol. The largest absolute Gasteiger partial charge is 0.687 e. The van der Waals surface area contributed by atoms with Gasteiger partial charge in [-0.1, -0.05) is 12.1 Å². The summed E-state index contributed by atoms with van der Waals surface area (Å²) in [6.45, 7) is 0. The smallest absolute Gasteiger partial charge is 0.238 e. The van der Waals surface area contributed by atoms with Crippen LogP contribution in [-0.4, -0.2) is 15.5 Å². The molecular weight excluding hydrogens is 176 g/mol. The van der Waals surface area contributed by atoms with Gasteiger partial charge in [-0.25, -0.2) is 13.6 Å². The molecule has 1 rings (SSSR count). The van der Waals surface area contributed by atoms with Crippen molar-refractivity contribution in [2.45, 2.75) is 4.90 Å². The van der Waals surface area contributed by atoms with Crippen LogP contribution in [0.4, 0.5) is 5.69 Å². The molecular formula is C7H9N2O2S-. The zero-order valence-electron chi connectivity index (χ0n) is 6.56. The lowest BCUT2D eigenvalue weighted by atomic mass is 10.3. The second-order valence-corrected chi connectivity index (χ2v) is 3.82. The molecule has 0 aliphatic rings. The Morgan fingerprint density at radius 2 is 1.75 bits per heavy atom. The van der Waals surface area contributed by atoms with Crippen molar-refractivity contribution in [3.05, 3.63) is 29.6 Å². The van der Waals surface area contributed by atoms with Gasteiger partial charge in [-0.3, -0.25) is 0 Å². The average Bonchev–Trinajstić information content (AvgIpc) is 2.03. The van der Waals surface area contributed by atoms with Crippen LogP contribution in [0.3, 0.4) is 0 Å². The molecule has 0 radical (unpaired) electrons. The zero-order chi connectivity index (χ0) is 9.19. The minimum absolute atomic E-state index is 0.106. The van der Waals surface area contributed by atoms with Crippen LogP contribution in [0.15, 0.2) is 29.2 Å². The molecule has 1 aromatic carbocycles. The lowest BCUT2D eigenvalue weighted by Gasteiger charge is -2.12. The van der Waals surface area contributed by atoms with Gasteiger partial charge in [0.2, 0.25) is 10.0 Å². The van der Waals surface area contributed by atoms with E-state index < -0.39 is 10.0 Å². The maximum Gasteiger partial charge on any atom is 0.238 e. The Hall–Kier alpha value is -1.07. The molecule has 4 nitrogen and oxygen atoms in total. The van der Waals surface area contributed by atoms with Crippen molar-refractivity contribution < 1.29 is 8.42 Å². The molecule has 2 N–H and O–H groups in total. The number of primary sulfonamides is 1. The van der Waals surface area contributed by atoms with Crippen LogP contribution in [0.5, 0.6) is 0 Å². The van der Waals surface area contributed by atoms with Gasteiger partial charge in [0.25, 0.3) is 0 Å². The summed E-state index contributed by atoms with van der Waals surface area (Å²) in [6.07, 6.45) is 0. The Morgan fingerprint density at radius 1 is 1.25 bits per heavy atom. The minimum Gasteiger partial charge on any atom is -0.687 e. The summed E-state index contributed by atoms with van der Waals surface area (Å²) >= 11 is 0. The molecule has 0 saturated heterocycles. The highest BCUT2D eigenvalue weighted by atomic mass is 32.2. The fourth-order valence-electron chi connectivity index (χ4n) is 0.785. The van der Waals surface area contributed by atoms with Gasteiger partial charge in [0, 0.05) is 0 Å². The van der Waals surface area contributed by atoms with Crippen LogP contribution in [0.25, 0.3) is 5.32 Å². The first-order valence-corrected chi connectivity index (χ1v) is 4.81. The van der Waals surface area contributed by atoms with E-state index in [4.69, 9.17) is 5.14 Å². The van der Waals surface area contributed by atoms with E-state index in [1.165, 1.54) is 12.1 Å². The third-order valence-corrected chi connectivity index (χ3v) is 2.35. The Balaban J connectivity index is 3.09. The van der Waals surface area contributed by atoms with Gasteiger partial charge >= 0.3 is 0 Å². The molecule has 12 heavy (non-hydrogen) atoms. The molecule has 0 saturated carbocycles. The first kappa shape index (κ1) is 9.02. The third-order valence-electron chi connectivity index (χ3n) is 1.42. The van der Waals surface area contributed by atoms with E-state index in [-0.39, 0.29) is 4.90 Å². The maximum absolute atomic E-state index is 10.8. The number of sulfonamides is 1. The number of hydrogen-bond acceptors (Lipinski definition) is 2. The lowest BCUT2D eigenvalue weighted by molar-refractivity contribution is 0.598. The van der Waals surface area contributed by atoms with Gasteiger partial charge in [0.15, 0.2) is 0 Å². The highest BCUT2D eigenvalue weighted by Gasteiger charge is 2.04. The van der Waals surface area contributed by atoms with Crippen molar-refractivity contribution in [1.29, 1.82) is 0 Å². The molecule has 0 bridgehead atoms. The topological polar surface area (TPSA) is 74.3 Å². The van der Waals surface area contributed by atoms with Gasteiger partial charge in [-0.05, 0) is 12.1 Å². The number of benzene rings is 1. The van der Waals surface area contributed by atoms with E-state index in [0.29, 0.717) is 0 Å². The molecule has 5 heteroatoms. The van der Waals surface area contributed by atoms with Crippen molar-refractivity contribution in [2.24, 2.45) is 5.14 Å². The normalized spacial score (nSPS) is 11.2. The third kappa shape index (κ3) is 1.96. The van der Waals surface area contributed by atoms with Gasteiger partial charge in [0.05, 0.1) is 4.90 Å². The van der Waals surface area contributed by atoms with E-state index in [9.17, 15) is 8.42 Å². The Kier molecular flexibility index (Phi) is 2.35. The van der Waals surface area contributed by atoms with E-state index in [1.807, 2.05) is 0 Å². The molecule has 66 valence electrons. The number of hydrogen-bond donors (Lipinski definition) is 1. The first-order chi connectivity index (χ1) is 5.54. The van der Waals surface area contributed by atoms with Crippen molar-refractivity contribution in [3.8, 4) is 0 Å². The summed E-state index contributed by atoms with van der Waals surface area (Å²) < 4.78 is 21.6. The summed E-state index contributed by atoms with van der Waals surface area (Å²) in [5.74, 6) is 0. The number of nitrogens with two attached hydrogens (primary N) is 1. The van der Waals surface area contributed by atoms with Crippen LogP contribution in [0, 0.1) is 0 Å². The van der Waals surface area contributed by atoms with E-state index >= 15 is 0 Å². The van der Waals surface area contributed by atoms with Crippen molar-refractivity contribution in [1.82, 2.24) is 0 Å². The quantitative estimate of drug-likeness (QED) is 0.745. The van der Waals surface area contributed by atoms with Crippen LogP contribution in [0.2, 0.25) is 0 Å². The van der Waals surface area contributed by atoms with Crippen molar-refractivity contribution >= 4 is 15.7 Å². The molecule has 0 atom stereocenters. The van der Waals surface area contributed by atoms with Crippen LogP contribution in [-0.2, 0) is 10.0 Å². The first-order valence-electron chi connectivity index (χ1n) is 3.27. The zero-order valence-corrected chi connectivity index (χ0v) is 7.38. The van der Waals surface area contributed by atoms with E-state index in [0.717, 1.165) is 5.69 Å². The number of nitrogens with zero attached hydrogens (tertiary/aromatic N) is 1. The van der Waals surface area contributed by atoms with Crippen molar-refractivity contribution in [3.63, 3.8) is 0 Å². The Labute approximate surface area is 71.4 Å². The molecule has 0 heterocycles. The SMILES string of the molecule is C[N-]c1ccc(S(N)(=O)=O)cc1. The highest BCUT2D eigenvalue weighted by Crippen LogP contribution is 2.17.